The number of carbonyl (C=O) groups excluding carboxylic acids is 1. The fourth-order valence-corrected chi connectivity index (χ4v) is 3.37. The molecule has 0 bridgehead atoms. The molecule has 19 heavy (non-hydrogen) atoms. The van der Waals surface area contributed by atoms with Crippen molar-refractivity contribution < 1.29 is 4.79 Å². The van der Waals surface area contributed by atoms with Crippen LogP contribution < -0.4 is 5.73 Å². The summed E-state index contributed by atoms with van der Waals surface area (Å²) in [7, 11) is 0. The third-order valence-corrected chi connectivity index (χ3v) is 4.65. The van der Waals surface area contributed by atoms with Gasteiger partial charge in [0.2, 0.25) is 5.91 Å². The normalized spacial score (nSPS) is 31.2. The summed E-state index contributed by atoms with van der Waals surface area (Å²) in [4.78, 5) is 16.7. The number of likely N-dealkylation sites (tertiary alicyclic amines) is 2. The predicted molar refractivity (Wildman–Crippen MR) is 77.8 cm³/mol. The van der Waals surface area contributed by atoms with Gasteiger partial charge in [-0.15, -0.1) is 0 Å². The van der Waals surface area contributed by atoms with Crippen molar-refractivity contribution in [2.24, 2.45) is 17.6 Å². The molecule has 110 valence electrons. The number of amides is 1. The number of carbonyl (C=O) groups is 1. The SMILES string of the molecule is CC1CCCN(C(=O)CN2CCCC(C(C)N)C2)C1. The monoisotopic (exact) mass is 267 g/mol. The van der Waals surface area contributed by atoms with Gasteiger partial charge in [0.25, 0.3) is 0 Å². The first kappa shape index (κ1) is 14.8. The maximum atomic E-state index is 12.3. The Kier molecular flexibility index (Phi) is 5.22. The summed E-state index contributed by atoms with van der Waals surface area (Å²) in [5.41, 5.74) is 6.00. The zero-order valence-corrected chi connectivity index (χ0v) is 12.5. The summed E-state index contributed by atoms with van der Waals surface area (Å²) in [5.74, 6) is 1.54. The van der Waals surface area contributed by atoms with Crippen LogP contribution in [0.2, 0.25) is 0 Å². The molecule has 2 heterocycles. The zero-order valence-electron chi connectivity index (χ0n) is 12.5. The lowest BCUT2D eigenvalue weighted by Gasteiger charge is -2.37. The van der Waals surface area contributed by atoms with Gasteiger partial charge in [-0.3, -0.25) is 9.69 Å². The molecule has 2 fully saturated rings. The van der Waals surface area contributed by atoms with Crippen LogP contribution in [0.25, 0.3) is 0 Å². The van der Waals surface area contributed by atoms with E-state index in [4.69, 9.17) is 5.73 Å². The summed E-state index contributed by atoms with van der Waals surface area (Å²) in [6.45, 7) is 8.87. The van der Waals surface area contributed by atoms with Crippen LogP contribution in [-0.2, 0) is 4.79 Å². The fraction of sp³-hybridized carbons (Fsp3) is 0.933. The molecule has 4 nitrogen and oxygen atoms in total. The molecule has 3 unspecified atom stereocenters. The number of nitrogens with two attached hydrogens (primary N) is 1. The van der Waals surface area contributed by atoms with Crippen LogP contribution in [0.4, 0.5) is 0 Å². The van der Waals surface area contributed by atoms with E-state index >= 15 is 0 Å². The predicted octanol–water partition coefficient (Wildman–Crippen LogP) is 1.30. The summed E-state index contributed by atoms with van der Waals surface area (Å²) < 4.78 is 0. The van der Waals surface area contributed by atoms with Gasteiger partial charge in [0.15, 0.2) is 0 Å². The number of rotatable bonds is 3. The lowest BCUT2D eigenvalue weighted by molar-refractivity contribution is -0.134. The number of piperidine rings is 2. The van der Waals surface area contributed by atoms with Crippen LogP contribution in [0, 0.1) is 11.8 Å². The lowest BCUT2D eigenvalue weighted by atomic mass is 9.92. The summed E-state index contributed by atoms with van der Waals surface area (Å²) in [5, 5.41) is 0. The Labute approximate surface area is 117 Å². The highest BCUT2D eigenvalue weighted by Crippen LogP contribution is 2.20. The molecule has 2 N–H and O–H groups in total. The molecule has 2 rings (SSSR count). The van der Waals surface area contributed by atoms with Crippen LogP contribution in [0.1, 0.15) is 39.5 Å². The second-order valence-corrected chi connectivity index (χ2v) is 6.58. The van der Waals surface area contributed by atoms with E-state index < -0.39 is 0 Å². The van der Waals surface area contributed by atoms with Crippen LogP contribution >= 0.6 is 0 Å². The number of hydrogen-bond acceptors (Lipinski definition) is 3. The van der Waals surface area contributed by atoms with Gasteiger partial charge in [0.1, 0.15) is 0 Å². The second kappa shape index (κ2) is 6.71. The second-order valence-electron chi connectivity index (χ2n) is 6.58. The molecule has 1 amide bonds. The van der Waals surface area contributed by atoms with Gasteiger partial charge in [-0.2, -0.15) is 0 Å². The van der Waals surface area contributed by atoms with Gasteiger partial charge in [0, 0.05) is 25.7 Å². The van der Waals surface area contributed by atoms with Crippen molar-refractivity contribution in [1.29, 1.82) is 0 Å². The minimum atomic E-state index is 0.243. The Hall–Kier alpha value is -0.610. The van der Waals surface area contributed by atoms with Crippen LogP contribution in [0.5, 0.6) is 0 Å². The third kappa shape index (κ3) is 4.18. The van der Waals surface area contributed by atoms with Crippen LogP contribution in [0.3, 0.4) is 0 Å². The third-order valence-electron chi connectivity index (χ3n) is 4.65. The molecule has 0 aliphatic carbocycles. The maximum absolute atomic E-state index is 12.3. The van der Waals surface area contributed by atoms with Crippen molar-refractivity contribution in [2.45, 2.75) is 45.6 Å². The van der Waals surface area contributed by atoms with E-state index in [9.17, 15) is 4.79 Å². The molecule has 3 atom stereocenters. The largest absolute Gasteiger partial charge is 0.341 e. The Morgan fingerprint density at radius 1 is 1.26 bits per heavy atom. The zero-order chi connectivity index (χ0) is 13.8. The average Bonchev–Trinajstić information content (AvgIpc) is 2.39. The molecule has 4 heteroatoms. The van der Waals surface area contributed by atoms with E-state index in [0.717, 1.165) is 32.6 Å². The molecular weight excluding hydrogens is 238 g/mol. The molecule has 0 saturated carbocycles. The topological polar surface area (TPSA) is 49.6 Å². The van der Waals surface area contributed by atoms with Gasteiger partial charge >= 0.3 is 0 Å². The molecule has 0 aromatic heterocycles. The molecule has 0 aromatic rings. The maximum Gasteiger partial charge on any atom is 0.236 e. The quantitative estimate of drug-likeness (QED) is 0.838. The molecule has 2 aliphatic rings. The Morgan fingerprint density at radius 2 is 2.00 bits per heavy atom. The first-order valence-corrected chi connectivity index (χ1v) is 7.82. The number of nitrogens with zero attached hydrogens (tertiary/aromatic N) is 2. The lowest BCUT2D eigenvalue weighted by Crippen LogP contribution is -2.48. The highest BCUT2D eigenvalue weighted by molar-refractivity contribution is 5.78. The summed E-state index contributed by atoms with van der Waals surface area (Å²) in [6, 6.07) is 0.243. The van der Waals surface area contributed by atoms with Crippen molar-refractivity contribution in [3.05, 3.63) is 0 Å². The molecule has 2 saturated heterocycles. The van der Waals surface area contributed by atoms with Gasteiger partial charge in [-0.1, -0.05) is 6.92 Å². The smallest absolute Gasteiger partial charge is 0.236 e. The van der Waals surface area contributed by atoms with E-state index in [1.165, 1.54) is 19.3 Å². The summed E-state index contributed by atoms with van der Waals surface area (Å²) >= 11 is 0. The van der Waals surface area contributed by atoms with Crippen molar-refractivity contribution in [3.8, 4) is 0 Å². The van der Waals surface area contributed by atoms with Gasteiger partial charge in [-0.25, -0.2) is 0 Å². The van der Waals surface area contributed by atoms with Gasteiger partial charge < -0.3 is 10.6 Å². The van der Waals surface area contributed by atoms with Gasteiger partial charge in [-0.05, 0) is 51.0 Å². The standard InChI is InChI=1S/C15H29N3O/c1-12-5-3-8-18(9-12)15(19)11-17-7-4-6-14(10-17)13(2)16/h12-14H,3-11,16H2,1-2H3. The van der Waals surface area contributed by atoms with E-state index in [0.29, 0.717) is 24.3 Å². The van der Waals surface area contributed by atoms with Gasteiger partial charge in [0.05, 0.1) is 6.54 Å². The molecule has 0 spiro atoms. The fourth-order valence-electron chi connectivity index (χ4n) is 3.37. The molecule has 0 radical (unpaired) electrons. The van der Waals surface area contributed by atoms with E-state index in [1.807, 2.05) is 0 Å². The first-order valence-electron chi connectivity index (χ1n) is 7.82. The molecule has 0 aromatic carbocycles. The highest BCUT2D eigenvalue weighted by atomic mass is 16.2. The van der Waals surface area contributed by atoms with Crippen LogP contribution in [-0.4, -0.2) is 54.5 Å². The Bertz CT molecular complexity index is 306. The van der Waals surface area contributed by atoms with E-state index in [2.05, 4.69) is 23.6 Å². The number of hydrogen-bond donors (Lipinski definition) is 1. The molecular formula is C15H29N3O. The Balaban J connectivity index is 1.81. The minimum Gasteiger partial charge on any atom is -0.341 e. The molecule has 2 aliphatic heterocycles. The van der Waals surface area contributed by atoms with Crippen molar-refractivity contribution in [2.75, 3.05) is 32.7 Å². The van der Waals surface area contributed by atoms with Crippen molar-refractivity contribution >= 4 is 5.91 Å². The first-order chi connectivity index (χ1) is 9.06. The van der Waals surface area contributed by atoms with Crippen molar-refractivity contribution in [3.63, 3.8) is 0 Å². The van der Waals surface area contributed by atoms with Crippen LogP contribution in [0.15, 0.2) is 0 Å². The van der Waals surface area contributed by atoms with Crippen molar-refractivity contribution in [1.82, 2.24) is 9.80 Å². The Morgan fingerprint density at radius 3 is 2.68 bits per heavy atom. The average molecular weight is 267 g/mol. The van der Waals surface area contributed by atoms with E-state index in [-0.39, 0.29) is 6.04 Å². The highest BCUT2D eigenvalue weighted by Gasteiger charge is 2.27. The summed E-state index contributed by atoms with van der Waals surface area (Å²) in [6.07, 6.45) is 4.81. The van der Waals surface area contributed by atoms with E-state index in [1.54, 1.807) is 0 Å². The minimum absolute atomic E-state index is 0.243.